The molecule has 1 aliphatic rings. The number of furan rings is 1. The molecule has 1 aromatic rings. The number of carbonyl (C=O) groups excluding carboxylic acids is 4. The number of amides is 4. The molecule has 0 aromatic carbocycles. The van der Waals surface area contributed by atoms with E-state index in [2.05, 4.69) is 16.0 Å². The number of hydrogen-bond acceptors (Lipinski definition) is 5. The first-order valence-corrected chi connectivity index (χ1v) is 6.46. The van der Waals surface area contributed by atoms with Gasteiger partial charge < -0.3 is 15.1 Å². The highest BCUT2D eigenvalue weighted by molar-refractivity contribution is 6.02. The first kappa shape index (κ1) is 14.8. The highest BCUT2D eigenvalue weighted by Crippen LogP contribution is 2.05. The van der Waals surface area contributed by atoms with Gasteiger partial charge in [0, 0.05) is 6.42 Å². The van der Waals surface area contributed by atoms with Crippen molar-refractivity contribution in [2.75, 3.05) is 0 Å². The Morgan fingerprint density at radius 2 is 2.19 bits per heavy atom. The summed E-state index contributed by atoms with van der Waals surface area (Å²) in [6.07, 6.45) is 1.77. The van der Waals surface area contributed by atoms with E-state index in [0.717, 1.165) is 0 Å². The smallest absolute Gasteiger partial charge is 0.287 e. The van der Waals surface area contributed by atoms with Gasteiger partial charge in [-0.25, -0.2) is 0 Å². The van der Waals surface area contributed by atoms with Crippen molar-refractivity contribution >= 4 is 23.6 Å². The van der Waals surface area contributed by atoms with Crippen LogP contribution in [0.2, 0.25) is 0 Å². The summed E-state index contributed by atoms with van der Waals surface area (Å²) in [6, 6.07) is 1.43. The number of hydrogen-bond donors (Lipinski definition) is 3. The standard InChI is InChI=1S/C13H15N3O5/c1-7(14-13(20)9-3-2-6-21-9)11(18)15-8-4-5-10(17)16-12(8)19/h2-3,6-8H,4-5H2,1H3,(H,14,20)(H,15,18)(H,16,17,19). The number of nitrogens with one attached hydrogen (secondary N) is 3. The first-order valence-electron chi connectivity index (χ1n) is 6.46. The summed E-state index contributed by atoms with van der Waals surface area (Å²) < 4.78 is 4.91. The molecule has 3 N–H and O–H groups in total. The van der Waals surface area contributed by atoms with E-state index in [9.17, 15) is 19.2 Å². The molecule has 0 saturated carbocycles. The maximum absolute atomic E-state index is 11.9. The predicted octanol–water partition coefficient (Wildman–Crippen LogP) is -0.681. The quantitative estimate of drug-likeness (QED) is 0.636. The Kier molecular flexibility index (Phi) is 4.36. The fraction of sp³-hybridized carbons (Fsp3) is 0.385. The van der Waals surface area contributed by atoms with E-state index in [1.54, 1.807) is 6.07 Å². The molecule has 2 unspecified atom stereocenters. The largest absolute Gasteiger partial charge is 0.459 e. The number of piperidine rings is 1. The van der Waals surface area contributed by atoms with Crippen LogP contribution in [-0.4, -0.2) is 35.7 Å². The van der Waals surface area contributed by atoms with Crippen molar-refractivity contribution in [3.8, 4) is 0 Å². The van der Waals surface area contributed by atoms with E-state index in [4.69, 9.17) is 4.42 Å². The van der Waals surface area contributed by atoms with Crippen LogP contribution in [0, 0.1) is 0 Å². The SMILES string of the molecule is CC(NC(=O)c1ccco1)C(=O)NC1CCC(=O)NC1=O. The van der Waals surface area contributed by atoms with Gasteiger partial charge in [-0.05, 0) is 25.5 Å². The van der Waals surface area contributed by atoms with Gasteiger partial charge in [-0.2, -0.15) is 0 Å². The third kappa shape index (κ3) is 3.68. The molecule has 8 nitrogen and oxygen atoms in total. The summed E-state index contributed by atoms with van der Waals surface area (Å²) in [5, 5.41) is 7.08. The molecule has 112 valence electrons. The van der Waals surface area contributed by atoms with E-state index in [1.807, 2.05) is 0 Å². The molecule has 4 amide bonds. The van der Waals surface area contributed by atoms with Crippen LogP contribution in [0.4, 0.5) is 0 Å². The van der Waals surface area contributed by atoms with Crippen molar-refractivity contribution < 1.29 is 23.6 Å². The first-order chi connectivity index (χ1) is 9.97. The molecule has 2 rings (SSSR count). The average molecular weight is 293 g/mol. The number of rotatable bonds is 4. The van der Waals surface area contributed by atoms with Crippen molar-refractivity contribution in [1.82, 2.24) is 16.0 Å². The third-order valence-corrected chi connectivity index (χ3v) is 3.04. The Bertz CT molecular complexity index is 566. The van der Waals surface area contributed by atoms with Crippen LogP contribution >= 0.6 is 0 Å². The van der Waals surface area contributed by atoms with Gasteiger partial charge in [0.25, 0.3) is 5.91 Å². The fourth-order valence-electron chi connectivity index (χ4n) is 1.87. The van der Waals surface area contributed by atoms with Crippen LogP contribution in [0.1, 0.15) is 30.3 Å². The second kappa shape index (κ2) is 6.21. The van der Waals surface area contributed by atoms with Gasteiger partial charge in [-0.3, -0.25) is 24.5 Å². The molecule has 0 bridgehead atoms. The topological polar surface area (TPSA) is 118 Å². The zero-order chi connectivity index (χ0) is 15.4. The van der Waals surface area contributed by atoms with Gasteiger partial charge in [0.05, 0.1) is 6.26 Å². The Hall–Kier alpha value is -2.64. The van der Waals surface area contributed by atoms with Gasteiger partial charge in [0.2, 0.25) is 17.7 Å². The predicted molar refractivity (Wildman–Crippen MR) is 70.0 cm³/mol. The normalized spacial score (nSPS) is 19.6. The lowest BCUT2D eigenvalue weighted by molar-refractivity contribution is -0.137. The maximum atomic E-state index is 11.9. The average Bonchev–Trinajstić information content (AvgIpc) is 2.95. The lowest BCUT2D eigenvalue weighted by Crippen LogP contribution is -2.55. The summed E-state index contributed by atoms with van der Waals surface area (Å²) in [7, 11) is 0. The van der Waals surface area contributed by atoms with Crippen LogP contribution in [-0.2, 0) is 14.4 Å². The molecule has 8 heteroatoms. The maximum Gasteiger partial charge on any atom is 0.287 e. The van der Waals surface area contributed by atoms with Crippen molar-refractivity contribution in [3.05, 3.63) is 24.2 Å². The highest BCUT2D eigenvalue weighted by atomic mass is 16.3. The minimum atomic E-state index is -0.840. The zero-order valence-electron chi connectivity index (χ0n) is 11.3. The van der Waals surface area contributed by atoms with Gasteiger partial charge in [0.15, 0.2) is 5.76 Å². The fourth-order valence-corrected chi connectivity index (χ4v) is 1.87. The lowest BCUT2D eigenvalue weighted by Gasteiger charge is -2.23. The molecule has 1 fully saturated rings. The van der Waals surface area contributed by atoms with E-state index in [0.29, 0.717) is 0 Å². The van der Waals surface area contributed by atoms with Crippen molar-refractivity contribution in [1.29, 1.82) is 0 Å². The Morgan fingerprint density at radius 1 is 1.43 bits per heavy atom. The minimum absolute atomic E-state index is 0.0932. The molecular weight excluding hydrogens is 278 g/mol. The minimum Gasteiger partial charge on any atom is -0.459 e. The van der Waals surface area contributed by atoms with Gasteiger partial charge in [-0.1, -0.05) is 0 Å². The van der Waals surface area contributed by atoms with Crippen LogP contribution in [0.25, 0.3) is 0 Å². The molecule has 1 aliphatic heterocycles. The third-order valence-electron chi connectivity index (χ3n) is 3.04. The zero-order valence-corrected chi connectivity index (χ0v) is 11.3. The Labute approximate surface area is 120 Å². The van der Waals surface area contributed by atoms with E-state index in [1.165, 1.54) is 19.3 Å². The van der Waals surface area contributed by atoms with Gasteiger partial charge in [0.1, 0.15) is 12.1 Å². The monoisotopic (exact) mass is 293 g/mol. The summed E-state index contributed by atoms with van der Waals surface area (Å²) in [5.74, 6) is -1.83. The number of carbonyl (C=O) groups is 4. The molecule has 0 aliphatic carbocycles. The summed E-state index contributed by atoms with van der Waals surface area (Å²) in [6.45, 7) is 1.49. The van der Waals surface area contributed by atoms with E-state index < -0.39 is 29.8 Å². The van der Waals surface area contributed by atoms with Crippen molar-refractivity contribution in [2.24, 2.45) is 0 Å². The molecule has 21 heavy (non-hydrogen) atoms. The summed E-state index contributed by atoms with van der Waals surface area (Å²) in [4.78, 5) is 46.2. The molecule has 2 atom stereocenters. The molecular formula is C13H15N3O5. The Morgan fingerprint density at radius 3 is 2.81 bits per heavy atom. The molecule has 2 heterocycles. The molecule has 1 saturated heterocycles. The number of imide groups is 1. The molecule has 1 aromatic heterocycles. The van der Waals surface area contributed by atoms with Crippen LogP contribution < -0.4 is 16.0 Å². The Balaban J connectivity index is 1.86. The summed E-state index contributed by atoms with van der Waals surface area (Å²) >= 11 is 0. The second-order valence-corrected chi connectivity index (χ2v) is 4.68. The summed E-state index contributed by atoms with van der Waals surface area (Å²) in [5.41, 5.74) is 0. The van der Waals surface area contributed by atoms with Crippen LogP contribution in [0.3, 0.4) is 0 Å². The van der Waals surface area contributed by atoms with Crippen molar-refractivity contribution in [3.63, 3.8) is 0 Å². The lowest BCUT2D eigenvalue weighted by atomic mass is 10.1. The van der Waals surface area contributed by atoms with Crippen LogP contribution in [0.15, 0.2) is 22.8 Å². The molecule has 0 spiro atoms. The van der Waals surface area contributed by atoms with E-state index in [-0.39, 0.29) is 24.5 Å². The van der Waals surface area contributed by atoms with Gasteiger partial charge >= 0.3 is 0 Å². The van der Waals surface area contributed by atoms with E-state index >= 15 is 0 Å². The van der Waals surface area contributed by atoms with Gasteiger partial charge in [-0.15, -0.1) is 0 Å². The molecule has 0 radical (unpaired) electrons. The van der Waals surface area contributed by atoms with Crippen molar-refractivity contribution in [2.45, 2.75) is 31.8 Å². The highest BCUT2D eigenvalue weighted by Gasteiger charge is 2.29. The second-order valence-electron chi connectivity index (χ2n) is 4.68. The van der Waals surface area contributed by atoms with Crippen LogP contribution in [0.5, 0.6) is 0 Å².